The zero-order valence-corrected chi connectivity index (χ0v) is 15.5. The summed E-state index contributed by atoms with van der Waals surface area (Å²) in [6, 6.07) is 17.5. The van der Waals surface area contributed by atoms with Gasteiger partial charge in [0.05, 0.1) is 30.3 Å². The molecule has 0 radical (unpaired) electrons. The van der Waals surface area contributed by atoms with Crippen molar-refractivity contribution in [3.8, 4) is 5.69 Å². The van der Waals surface area contributed by atoms with Crippen LogP contribution in [0.2, 0.25) is 0 Å². The maximum atomic E-state index is 11.8. The van der Waals surface area contributed by atoms with E-state index >= 15 is 0 Å². The number of carbonyl (C=O) groups is 1. The normalized spacial score (nSPS) is 11.0. The van der Waals surface area contributed by atoms with Crippen LogP contribution in [0.1, 0.15) is 21.6 Å². The van der Waals surface area contributed by atoms with Crippen molar-refractivity contribution in [3.63, 3.8) is 0 Å². The summed E-state index contributed by atoms with van der Waals surface area (Å²) in [5.41, 5.74) is 4.07. The molecule has 1 aromatic heterocycles. The minimum Gasteiger partial charge on any atom is -0.465 e. The summed E-state index contributed by atoms with van der Waals surface area (Å²) in [4.78, 5) is 16.4. The standard InChI is InChI=1S/C20H17BrN2O2/c1-14-18(20(24)25-2)6-3-7-19(14)22-13-17-5-4-12-23(17)16-10-8-15(21)9-11-16/h3-13H,1-2H3. The Hall–Kier alpha value is -2.66. The Bertz CT molecular complexity index is 927. The van der Waals surface area contributed by atoms with Gasteiger partial charge in [-0.1, -0.05) is 22.0 Å². The Morgan fingerprint density at radius 1 is 1.12 bits per heavy atom. The molecule has 2 aromatic carbocycles. The Labute approximate surface area is 154 Å². The van der Waals surface area contributed by atoms with Crippen molar-refractivity contribution in [1.82, 2.24) is 4.57 Å². The summed E-state index contributed by atoms with van der Waals surface area (Å²) < 4.78 is 7.90. The summed E-state index contributed by atoms with van der Waals surface area (Å²) in [7, 11) is 1.38. The number of halogens is 1. The highest BCUT2D eigenvalue weighted by atomic mass is 79.9. The first kappa shape index (κ1) is 17.2. The van der Waals surface area contributed by atoms with Gasteiger partial charge in [-0.2, -0.15) is 0 Å². The van der Waals surface area contributed by atoms with Crippen molar-refractivity contribution in [2.75, 3.05) is 7.11 Å². The highest BCUT2D eigenvalue weighted by Gasteiger charge is 2.11. The SMILES string of the molecule is COC(=O)c1cccc(N=Cc2cccn2-c2ccc(Br)cc2)c1C. The van der Waals surface area contributed by atoms with Crippen molar-refractivity contribution >= 4 is 33.8 Å². The minimum absolute atomic E-state index is 0.354. The molecule has 0 N–H and O–H groups in total. The van der Waals surface area contributed by atoms with E-state index in [1.54, 1.807) is 18.3 Å². The molecule has 3 rings (SSSR count). The van der Waals surface area contributed by atoms with Crippen molar-refractivity contribution in [2.45, 2.75) is 6.92 Å². The molecule has 0 aliphatic carbocycles. The van der Waals surface area contributed by atoms with E-state index in [0.29, 0.717) is 5.56 Å². The van der Waals surface area contributed by atoms with Crippen LogP contribution in [-0.2, 0) is 4.74 Å². The second-order valence-electron chi connectivity index (χ2n) is 5.48. The lowest BCUT2D eigenvalue weighted by Crippen LogP contribution is -2.03. The molecule has 0 aliphatic rings. The third-order valence-electron chi connectivity index (χ3n) is 3.93. The van der Waals surface area contributed by atoms with Crippen LogP contribution in [0.15, 0.2) is 70.3 Å². The van der Waals surface area contributed by atoms with Gasteiger partial charge in [0.15, 0.2) is 0 Å². The largest absolute Gasteiger partial charge is 0.465 e. The molecule has 25 heavy (non-hydrogen) atoms. The van der Waals surface area contributed by atoms with E-state index in [4.69, 9.17) is 4.74 Å². The highest BCUT2D eigenvalue weighted by molar-refractivity contribution is 9.10. The fourth-order valence-electron chi connectivity index (χ4n) is 2.57. The topological polar surface area (TPSA) is 43.6 Å². The van der Waals surface area contributed by atoms with Crippen LogP contribution in [0.4, 0.5) is 5.69 Å². The van der Waals surface area contributed by atoms with Crippen LogP contribution in [0.5, 0.6) is 0 Å². The average Bonchev–Trinajstić information content (AvgIpc) is 3.09. The second kappa shape index (κ2) is 7.49. The molecule has 126 valence electrons. The minimum atomic E-state index is -0.354. The first-order valence-corrected chi connectivity index (χ1v) is 8.55. The molecule has 0 fully saturated rings. The van der Waals surface area contributed by atoms with Gasteiger partial charge in [-0.25, -0.2) is 4.79 Å². The van der Waals surface area contributed by atoms with E-state index in [-0.39, 0.29) is 5.97 Å². The van der Waals surface area contributed by atoms with Crippen LogP contribution in [0.25, 0.3) is 5.69 Å². The van der Waals surface area contributed by atoms with E-state index in [0.717, 1.165) is 27.1 Å². The van der Waals surface area contributed by atoms with E-state index in [1.165, 1.54) is 7.11 Å². The first-order chi connectivity index (χ1) is 12.1. The van der Waals surface area contributed by atoms with Crippen LogP contribution in [0.3, 0.4) is 0 Å². The summed E-state index contributed by atoms with van der Waals surface area (Å²) in [5, 5.41) is 0. The number of esters is 1. The molecule has 0 saturated carbocycles. The van der Waals surface area contributed by atoms with Gasteiger partial charge in [-0.3, -0.25) is 4.99 Å². The van der Waals surface area contributed by atoms with Crippen molar-refractivity contribution in [2.24, 2.45) is 4.99 Å². The maximum absolute atomic E-state index is 11.8. The van der Waals surface area contributed by atoms with Gasteiger partial charge in [-0.15, -0.1) is 0 Å². The van der Waals surface area contributed by atoms with Crippen LogP contribution < -0.4 is 0 Å². The summed E-state index contributed by atoms with van der Waals surface area (Å²) in [5.74, 6) is -0.354. The predicted molar refractivity (Wildman–Crippen MR) is 103 cm³/mol. The summed E-state index contributed by atoms with van der Waals surface area (Å²) in [6.07, 6.45) is 3.79. The molecular weight excluding hydrogens is 380 g/mol. The third-order valence-corrected chi connectivity index (χ3v) is 4.46. The van der Waals surface area contributed by atoms with Crippen LogP contribution in [-0.4, -0.2) is 23.9 Å². The zero-order valence-electron chi connectivity index (χ0n) is 13.9. The van der Waals surface area contributed by atoms with Gasteiger partial charge in [0, 0.05) is 16.4 Å². The number of methoxy groups -OCH3 is 1. The molecule has 0 unspecified atom stereocenters. The maximum Gasteiger partial charge on any atom is 0.338 e. The molecule has 0 atom stereocenters. The number of hydrogen-bond donors (Lipinski definition) is 0. The Morgan fingerprint density at radius 2 is 1.88 bits per heavy atom. The predicted octanol–water partition coefficient (Wildman–Crippen LogP) is 5.09. The third kappa shape index (κ3) is 3.72. The molecule has 0 aliphatic heterocycles. The van der Waals surface area contributed by atoms with E-state index in [2.05, 4.69) is 25.5 Å². The number of aliphatic imine (C=N–C) groups is 1. The number of nitrogens with zero attached hydrogens (tertiary/aromatic N) is 2. The Kier molecular flexibility index (Phi) is 5.14. The fraction of sp³-hybridized carbons (Fsp3) is 0.100. The van der Waals surface area contributed by atoms with Crippen molar-refractivity contribution in [3.05, 3.63) is 82.1 Å². The molecule has 0 spiro atoms. The Morgan fingerprint density at radius 3 is 2.60 bits per heavy atom. The van der Waals surface area contributed by atoms with E-state index in [9.17, 15) is 4.79 Å². The van der Waals surface area contributed by atoms with Gasteiger partial charge in [0.2, 0.25) is 0 Å². The molecule has 4 nitrogen and oxygen atoms in total. The van der Waals surface area contributed by atoms with Gasteiger partial charge < -0.3 is 9.30 Å². The number of hydrogen-bond acceptors (Lipinski definition) is 3. The van der Waals surface area contributed by atoms with Crippen LogP contribution in [0, 0.1) is 6.92 Å². The second-order valence-corrected chi connectivity index (χ2v) is 6.39. The number of aromatic nitrogens is 1. The highest BCUT2D eigenvalue weighted by Crippen LogP contribution is 2.23. The zero-order chi connectivity index (χ0) is 17.8. The summed E-state index contributed by atoms with van der Waals surface area (Å²) in [6.45, 7) is 1.87. The average molecular weight is 397 g/mol. The van der Waals surface area contributed by atoms with Gasteiger partial charge >= 0.3 is 5.97 Å². The molecule has 0 saturated heterocycles. The number of rotatable bonds is 4. The number of benzene rings is 2. The lowest BCUT2D eigenvalue weighted by molar-refractivity contribution is 0.0600. The lowest BCUT2D eigenvalue weighted by atomic mass is 10.1. The fourth-order valence-corrected chi connectivity index (χ4v) is 2.83. The monoisotopic (exact) mass is 396 g/mol. The smallest absolute Gasteiger partial charge is 0.338 e. The van der Waals surface area contributed by atoms with Gasteiger partial charge in [0.1, 0.15) is 0 Å². The van der Waals surface area contributed by atoms with Gasteiger partial charge in [0.25, 0.3) is 0 Å². The molecular formula is C20H17BrN2O2. The summed E-state index contributed by atoms with van der Waals surface area (Å²) >= 11 is 3.45. The molecule has 5 heteroatoms. The molecule has 1 heterocycles. The number of carbonyl (C=O) groups excluding carboxylic acids is 1. The Balaban J connectivity index is 1.93. The molecule has 0 bridgehead atoms. The van der Waals surface area contributed by atoms with E-state index < -0.39 is 0 Å². The van der Waals surface area contributed by atoms with E-state index in [1.807, 2.05) is 55.6 Å². The van der Waals surface area contributed by atoms with Crippen molar-refractivity contribution in [1.29, 1.82) is 0 Å². The quantitative estimate of drug-likeness (QED) is 0.455. The van der Waals surface area contributed by atoms with Crippen LogP contribution >= 0.6 is 15.9 Å². The molecule has 0 amide bonds. The molecule has 3 aromatic rings. The lowest BCUT2D eigenvalue weighted by Gasteiger charge is -2.08. The van der Waals surface area contributed by atoms with Gasteiger partial charge in [-0.05, 0) is 61.0 Å². The van der Waals surface area contributed by atoms with Crippen molar-refractivity contribution < 1.29 is 9.53 Å². The number of ether oxygens (including phenoxy) is 1. The first-order valence-electron chi connectivity index (χ1n) is 7.75.